The maximum atomic E-state index is 11.7. The van der Waals surface area contributed by atoms with E-state index < -0.39 is 4.92 Å². The van der Waals surface area contributed by atoms with Crippen molar-refractivity contribution in [3.8, 4) is 0 Å². The number of carbonyl (C=O) groups is 1. The lowest BCUT2D eigenvalue weighted by molar-refractivity contribution is -0.384. The van der Waals surface area contributed by atoms with E-state index in [9.17, 15) is 14.9 Å². The van der Waals surface area contributed by atoms with E-state index in [-0.39, 0.29) is 23.2 Å². The smallest absolute Gasteiger partial charge is 0.293 e. The van der Waals surface area contributed by atoms with Crippen LogP contribution in [0, 0.1) is 23.0 Å². The average Bonchev–Trinajstić information content (AvgIpc) is 2.17. The van der Waals surface area contributed by atoms with E-state index >= 15 is 0 Å². The molecule has 6 nitrogen and oxygen atoms in total. The lowest BCUT2D eigenvalue weighted by Gasteiger charge is -2.25. The Labute approximate surface area is 98.2 Å². The van der Waals surface area contributed by atoms with Gasteiger partial charge in [-0.25, -0.2) is 0 Å². The molecule has 1 saturated heterocycles. The Hall–Kier alpha value is -1.95. The van der Waals surface area contributed by atoms with Crippen LogP contribution in [0.3, 0.4) is 0 Å². The molecule has 0 unspecified atom stereocenters. The van der Waals surface area contributed by atoms with Gasteiger partial charge in [0.15, 0.2) is 0 Å². The zero-order chi connectivity index (χ0) is 12.4. The fourth-order valence-electron chi connectivity index (χ4n) is 1.61. The molecule has 6 heteroatoms. The molecule has 1 fully saturated rings. The minimum absolute atomic E-state index is 0.0642. The van der Waals surface area contributed by atoms with Gasteiger partial charge in [0.05, 0.1) is 10.8 Å². The maximum absolute atomic E-state index is 11.7. The van der Waals surface area contributed by atoms with Crippen LogP contribution >= 0.6 is 0 Å². The van der Waals surface area contributed by atoms with Crippen molar-refractivity contribution < 1.29 is 9.72 Å². The Bertz CT molecular complexity index is 469. The highest BCUT2D eigenvalue weighted by Crippen LogP contribution is 2.25. The van der Waals surface area contributed by atoms with Crippen LogP contribution in [-0.2, 0) is 4.79 Å². The Balaban J connectivity index is 2.19. The second-order valence-corrected chi connectivity index (χ2v) is 4.12. The summed E-state index contributed by atoms with van der Waals surface area (Å²) in [6, 6.07) is 4.76. The molecule has 1 aliphatic rings. The average molecular weight is 235 g/mol. The van der Waals surface area contributed by atoms with Gasteiger partial charge in [-0.15, -0.1) is 0 Å². The van der Waals surface area contributed by atoms with E-state index in [2.05, 4.69) is 10.6 Å². The number of nitro benzene ring substituents is 1. The number of aryl methyl sites for hydroxylation is 1. The third kappa shape index (κ3) is 2.42. The summed E-state index contributed by atoms with van der Waals surface area (Å²) in [6.45, 7) is 3.03. The Morgan fingerprint density at radius 2 is 2.24 bits per heavy atom. The Morgan fingerprint density at radius 1 is 1.53 bits per heavy atom. The number of hydrogen-bond donors (Lipinski definition) is 2. The van der Waals surface area contributed by atoms with E-state index in [4.69, 9.17) is 0 Å². The molecule has 0 spiro atoms. The Morgan fingerprint density at radius 3 is 2.76 bits per heavy atom. The van der Waals surface area contributed by atoms with Crippen LogP contribution in [0.15, 0.2) is 18.2 Å². The molecule has 2 rings (SSSR count). The number of amides is 1. The second-order valence-electron chi connectivity index (χ2n) is 4.12. The van der Waals surface area contributed by atoms with E-state index in [1.54, 1.807) is 19.1 Å². The molecule has 17 heavy (non-hydrogen) atoms. The molecule has 0 aromatic heterocycles. The number of carbonyl (C=O) groups excluding carboxylic acids is 1. The second kappa shape index (κ2) is 4.50. The van der Waals surface area contributed by atoms with Gasteiger partial charge in [0, 0.05) is 19.2 Å². The summed E-state index contributed by atoms with van der Waals surface area (Å²) >= 11 is 0. The molecular formula is C11H13N3O3. The molecule has 1 aromatic carbocycles. The summed E-state index contributed by atoms with van der Waals surface area (Å²) in [4.78, 5) is 22.0. The fourth-order valence-corrected chi connectivity index (χ4v) is 1.61. The molecule has 90 valence electrons. The van der Waals surface area contributed by atoms with Gasteiger partial charge in [0.25, 0.3) is 5.69 Å². The highest BCUT2D eigenvalue weighted by Gasteiger charge is 2.26. The maximum Gasteiger partial charge on any atom is 0.293 e. The van der Waals surface area contributed by atoms with Gasteiger partial charge in [-0.05, 0) is 18.6 Å². The zero-order valence-electron chi connectivity index (χ0n) is 9.40. The lowest BCUT2D eigenvalue weighted by Crippen LogP contribution is -2.48. The predicted octanol–water partition coefficient (Wildman–Crippen LogP) is 1.06. The van der Waals surface area contributed by atoms with Gasteiger partial charge < -0.3 is 10.6 Å². The molecule has 0 radical (unpaired) electrons. The molecule has 1 amide bonds. The van der Waals surface area contributed by atoms with Crippen LogP contribution in [0.5, 0.6) is 0 Å². The van der Waals surface area contributed by atoms with Crippen molar-refractivity contribution in [1.82, 2.24) is 5.32 Å². The van der Waals surface area contributed by atoms with E-state index in [0.717, 1.165) is 5.56 Å². The van der Waals surface area contributed by atoms with Crippen LogP contribution in [0.2, 0.25) is 0 Å². The highest BCUT2D eigenvalue weighted by atomic mass is 16.6. The van der Waals surface area contributed by atoms with Crippen LogP contribution in [0.25, 0.3) is 0 Å². The van der Waals surface area contributed by atoms with Gasteiger partial charge >= 0.3 is 0 Å². The highest BCUT2D eigenvalue weighted by molar-refractivity contribution is 5.95. The summed E-state index contributed by atoms with van der Waals surface area (Å²) in [6.07, 6.45) is 0. The summed E-state index contributed by atoms with van der Waals surface area (Å²) in [5.74, 6) is -0.258. The fraction of sp³-hybridized carbons (Fsp3) is 0.364. The molecule has 1 aliphatic heterocycles. The third-order valence-electron chi connectivity index (χ3n) is 2.76. The van der Waals surface area contributed by atoms with Gasteiger partial charge in [-0.3, -0.25) is 14.9 Å². The van der Waals surface area contributed by atoms with Crippen molar-refractivity contribution >= 4 is 17.3 Å². The van der Waals surface area contributed by atoms with Crippen molar-refractivity contribution in [3.05, 3.63) is 33.9 Å². The van der Waals surface area contributed by atoms with Gasteiger partial charge in [0.1, 0.15) is 5.69 Å². The van der Waals surface area contributed by atoms with Gasteiger partial charge in [0.2, 0.25) is 5.91 Å². The van der Waals surface area contributed by atoms with Crippen LogP contribution in [0.1, 0.15) is 5.56 Å². The monoisotopic (exact) mass is 235 g/mol. The number of benzene rings is 1. The number of nitro groups is 1. The van der Waals surface area contributed by atoms with Crippen LogP contribution < -0.4 is 10.6 Å². The number of rotatable bonds is 3. The normalized spacial score (nSPS) is 15.1. The first kappa shape index (κ1) is 11.5. The third-order valence-corrected chi connectivity index (χ3v) is 2.76. The van der Waals surface area contributed by atoms with Crippen LogP contribution in [0.4, 0.5) is 11.4 Å². The number of nitrogens with one attached hydrogen (secondary N) is 2. The quantitative estimate of drug-likeness (QED) is 0.606. The molecule has 1 heterocycles. The first-order valence-corrected chi connectivity index (χ1v) is 5.34. The van der Waals surface area contributed by atoms with E-state index in [0.29, 0.717) is 13.1 Å². The number of anilines is 1. The van der Waals surface area contributed by atoms with E-state index in [1.165, 1.54) is 6.07 Å². The minimum atomic E-state index is -0.484. The van der Waals surface area contributed by atoms with Gasteiger partial charge in [-0.1, -0.05) is 6.07 Å². The summed E-state index contributed by atoms with van der Waals surface area (Å²) in [5.41, 5.74) is 0.989. The van der Waals surface area contributed by atoms with Gasteiger partial charge in [-0.2, -0.15) is 0 Å². The minimum Gasteiger partial charge on any atom is -0.320 e. The molecule has 0 saturated carbocycles. The first-order valence-electron chi connectivity index (χ1n) is 5.34. The summed E-state index contributed by atoms with van der Waals surface area (Å²) in [7, 11) is 0. The Kier molecular flexibility index (Phi) is 3.06. The van der Waals surface area contributed by atoms with Crippen molar-refractivity contribution in [2.24, 2.45) is 5.92 Å². The molecule has 0 atom stereocenters. The summed E-state index contributed by atoms with van der Waals surface area (Å²) in [5, 5.41) is 16.4. The number of nitrogens with zero attached hydrogens (tertiary/aromatic N) is 1. The standard InChI is InChI=1S/C11H13N3O3/c1-7-2-3-9(10(4-7)14(16)17)13-11(15)8-5-12-6-8/h2-4,8,12H,5-6H2,1H3,(H,13,15). The largest absolute Gasteiger partial charge is 0.320 e. The van der Waals surface area contributed by atoms with Crippen molar-refractivity contribution in [2.75, 3.05) is 18.4 Å². The lowest BCUT2D eigenvalue weighted by atomic mass is 10.0. The topological polar surface area (TPSA) is 84.3 Å². The zero-order valence-corrected chi connectivity index (χ0v) is 9.40. The molecule has 1 aromatic rings. The van der Waals surface area contributed by atoms with Crippen molar-refractivity contribution in [1.29, 1.82) is 0 Å². The summed E-state index contributed by atoms with van der Waals surface area (Å²) < 4.78 is 0. The molecule has 0 bridgehead atoms. The molecular weight excluding hydrogens is 222 g/mol. The first-order chi connectivity index (χ1) is 8.08. The molecule has 2 N–H and O–H groups in total. The molecule has 0 aliphatic carbocycles. The number of hydrogen-bond acceptors (Lipinski definition) is 4. The van der Waals surface area contributed by atoms with Crippen LogP contribution in [-0.4, -0.2) is 23.9 Å². The predicted molar refractivity (Wildman–Crippen MR) is 62.8 cm³/mol. The SMILES string of the molecule is Cc1ccc(NC(=O)C2CNC2)c([N+](=O)[O-])c1. The van der Waals surface area contributed by atoms with Crippen molar-refractivity contribution in [3.63, 3.8) is 0 Å². The van der Waals surface area contributed by atoms with E-state index in [1.807, 2.05) is 0 Å². The van der Waals surface area contributed by atoms with Crippen molar-refractivity contribution in [2.45, 2.75) is 6.92 Å².